The maximum Gasteiger partial charge on any atom is 0.338 e. The molecule has 2 N–H and O–H groups in total. The minimum atomic E-state index is -0.568. The maximum absolute atomic E-state index is 11.7. The molecular weight excluding hydrogens is 224 g/mol. The highest BCUT2D eigenvalue weighted by Gasteiger charge is 2.35. The standard InChI is InChI=1S/C10H12N4O3/c1-10(2)11-9(15)13(12-10)7-4-3-5-8(6-7)14(16)17/h3-6,12H,1-2H3,(H,11,15). The van der Waals surface area contributed by atoms with Crippen LogP contribution in [0.4, 0.5) is 16.2 Å². The van der Waals surface area contributed by atoms with Gasteiger partial charge in [-0.05, 0) is 19.9 Å². The number of nitrogens with one attached hydrogen (secondary N) is 2. The first-order chi connectivity index (χ1) is 7.89. The molecule has 0 saturated carbocycles. The molecule has 0 unspecified atom stereocenters. The van der Waals surface area contributed by atoms with Crippen molar-refractivity contribution in [2.75, 3.05) is 5.01 Å². The minimum absolute atomic E-state index is 0.0539. The lowest BCUT2D eigenvalue weighted by molar-refractivity contribution is -0.384. The first-order valence-electron chi connectivity index (χ1n) is 5.04. The molecule has 1 saturated heterocycles. The van der Waals surface area contributed by atoms with Crippen molar-refractivity contribution in [3.8, 4) is 0 Å². The molecule has 1 aromatic carbocycles. The fraction of sp³-hybridized carbons (Fsp3) is 0.300. The first-order valence-corrected chi connectivity index (χ1v) is 5.04. The van der Waals surface area contributed by atoms with Crippen molar-refractivity contribution in [1.82, 2.24) is 10.7 Å². The van der Waals surface area contributed by atoms with Crippen molar-refractivity contribution in [1.29, 1.82) is 0 Å². The summed E-state index contributed by atoms with van der Waals surface area (Å²) in [6, 6.07) is 5.54. The molecule has 2 amide bonds. The third kappa shape index (κ3) is 2.18. The SMILES string of the molecule is CC1(C)NC(=O)N(c2cccc([N+](=O)[O-])c2)N1. The van der Waals surface area contributed by atoms with E-state index in [-0.39, 0.29) is 11.7 Å². The van der Waals surface area contributed by atoms with Crippen molar-refractivity contribution < 1.29 is 9.72 Å². The Bertz CT molecular complexity index is 486. The number of amides is 2. The van der Waals surface area contributed by atoms with Crippen LogP contribution in [0.15, 0.2) is 24.3 Å². The monoisotopic (exact) mass is 236 g/mol. The third-order valence-corrected chi connectivity index (χ3v) is 2.31. The number of nitro groups is 1. The van der Waals surface area contributed by atoms with Crippen LogP contribution in [0, 0.1) is 10.1 Å². The van der Waals surface area contributed by atoms with Gasteiger partial charge >= 0.3 is 6.03 Å². The van der Waals surface area contributed by atoms with E-state index < -0.39 is 10.6 Å². The summed E-state index contributed by atoms with van der Waals surface area (Å²) in [7, 11) is 0. The smallest absolute Gasteiger partial charge is 0.317 e. The van der Waals surface area contributed by atoms with Crippen LogP contribution in [0.3, 0.4) is 0 Å². The van der Waals surface area contributed by atoms with E-state index in [1.54, 1.807) is 19.9 Å². The average molecular weight is 236 g/mol. The molecule has 90 valence electrons. The van der Waals surface area contributed by atoms with Gasteiger partial charge in [0.05, 0.1) is 10.6 Å². The van der Waals surface area contributed by atoms with Gasteiger partial charge in [0.25, 0.3) is 5.69 Å². The molecule has 17 heavy (non-hydrogen) atoms. The molecule has 0 aromatic heterocycles. The van der Waals surface area contributed by atoms with Crippen LogP contribution in [0.1, 0.15) is 13.8 Å². The summed E-state index contributed by atoms with van der Waals surface area (Å²) in [4.78, 5) is 21.8. The highest BCUT2D eigenvalue weighted by atomic mass is 16.6. The van der Waals surface area contributed by atoms with Gasteiger partial charge in [-0.15, -0.1) is 0 Å². The number of urea groups is 1. The molecule has 7 heteroatoms. The van der Waals surface area contributed by atoms with E-state index in [1.165, 1.54) is 23.2 Å². The van der Waals surface area contributed by atoms with Crippen molar-refractivity contribution in [2.24, 2.45) is 0 Å². The van der Waals surface area contributed by atoms with Crippen molar-refractivity contribution in [2.45, 2.75) is 19.5 Å². The van der Waals surface area contributed by atoms with Gasteiger partial charge in [-0.3, -0.25) is 10.1 Å². The first kappa shape index (κ1) is 11.3. The number of nitro benzene ring substituents is 1. The van der Waals surface area contributed by atoms with Gasteiger partial charge in [-0.25, -0.2) is 15.2 Å². The van der Waals surface area contributed by atoms with Crippen LogP contribution in [0.25, 0.3) is 0 Å². The summed E-state index contributed by atoms with van der Waals surface area (Å²) in [6.45, 7) is 3.59. The van der Waals surface area contributed by atoms with Gasteiger partial charge in [0.1, 0.15) is 5.66 Å². The summed E-state index contributed by atoms with van der Waals surface area (Å²) in [5.41, 5.74) is 2.72. The van der Waals surface area contributed by atoms with Crippen molar-refractivity contribution >= 4 is 17.4 Å². The lowest BCUT2D eigenvalue weighted by Gasteiger charge is -2.19. The molecule has 2 rings (SSSR count). The van der Waals surface area contributed by atoms with Gasteiger partial charge in [0.15, 0.2) is 0 Å². The van der Waals surface area contributed by atoms with E-state index in [4.69, 9.17) is 0 Å². The Hall–Kier alpha value is -2.15. The molecule has 0 radical (unpaired) electrons. The van der Waals surface area contributed by atoms with E-state index in [0.29, 0.717) is 5.69 Å². The molecule has 1 aliphatic rings. The zero-order chi connectivity index (χ0) is 12.6. The Balaban J connectivity index is 2.32. The van der Waals surface area contributed by atoms with Gasteiger partial charge < -0.3 is 5.32 Å². The summed E-state index contributed by atoms with van der Waals surface area (Å²) in [5.74, 6) is 0. The number of rotatable bonds is 2. The van der Waals surface area contributed by atoms with Crippen LogP contribution in [-0.2, 0) is 0 Å². The molecular formula is C10H12N4O3. The second-order valence-electron chi connectivity index (χ2n) is 4.28. The second kappa shape index (κ2) is 3.70. The Labute approximate surface area is 97.5 Å². The van der Waals surface area contributed by atoms with Gasteiger partial charge in [0, 0.05) is 12.1 Å². The summed E-state index contributed by atoms with van der Waals surface area (Å²) >= 11 is 0. The maximum atomic E-state index is 11.7. The zero-order valence-electron chi connectivity index (χ0n) is 9.43. The molecule has 1 aromatic rings. The van der Waals surface area contributed by atoms with Crippen LogP contribution in [0.5, 0.6) is 0 Å². The predicted octanol–water partition coefficient (Wildman–Crippen LogP) is 1.37. The minimum Gasteiger partial charge on any atom is -0.317 e. The zero-order valence-corrected chi connectivity index (χ0v) is 9.43. The number of hydrogen-bond acceptors (Lipinski definition) is 4. The molecule has 0 atom stereocenters. The van der Waals surface area contributed by atoms with Crippen LogP contribution < -0.4 is 15.8 Å². The number of carbonyl (C=O) groups excluding carboxylic acids is 1. The summed E-state index contributed by atoms with van der Waals surface area (Å²) < 4.78 is 0. The lowest BCUT2D eigenvalue weighted by Crippen LogP contribution is -2.45. The van der Waals surface area contributed by atoms with E-state index >= 15 is 0 Å². The number of non-ortho nitro benzene ring substituents is 1. The quantitative estimate of drug-likeness (QED) is 0.599. The van der Waals surface area contributed by atoms with E-state index in [2.05, 4.69) is 10.7 Å². The largest absolute Gasteiger partial charge is 0.338 e. The van der Waals surface area contributed by atoms with Crippen LogP contribution in [-0.4, -0.2) is 16.6 Å². The van der Waals surface area contributed by atoms with E-state index in [1.807, 2.05) is 0 Å². The van der Waals surface area contributed by atoms with E-state index in [0.717, 1.165) is 0 Å². The second-order valence-corrected chi connectivity index (χ2v) is 4.28. The number of nitrogens with zero attached hydrogens (tertiary/aromatic N) is 2. The third-order valence-electron chi connectivity index (χ3n) is 2.31. The number of hydrogen-bond donors (Lipinski definition) is 2. The summed E-state index contributed by atoms with van der Waals surface area (Å²) in [5, 5.41) is 14.6. The van der Waals surface area contributed by atoms with Crippen LogP contribution >= 0.6 is 0 Å². The van der Waals surface area contributed by atoms with Gasteiger partial charge in [0.2, 0.25) is 0 Å². The normalized spacial score (nSPS) is 18.0. The fourth-order valence-corrected chi connectivity index (χ4v) is 1.61. The highest BCUT2D eigenvalue weighted by Crippen LogP contribution is 2.23. The average Bonchev–Trinajstić information content (AvgIpc) is 2.52. The van der Waals surface area contributed by atoms with Gasteiger partial charge in [-0.1, -0.05) is 6.07 Å². The van der Waals surface area contributed by atoms with Gasteiger partial charge in [-0.2, -0.15) is 0 Å². The summed E-state index contributed by atoms with van der Waals surface area (Å²) in [6.07, 6.45) is 0. The topological polar surface area (TPSA) is 87.5 Å². The number of carbonyl (C=O) groups is 1. The van der Waals surface area contributed by atoms with E-state index in [9.17, 15) is 14.9 Å². The number of hydrazine groups is 1. The number of anilines is 1. The molecule has 7 nitrogen and oxygen atoms in total. The fourth-order valence-electron chi connectivity index (χ4n) is 1.61. The Morgan fingerprint density at radius 1 is 1.41 bits per heavy atom. The Morgan fingerprint density at radius 2 is 2.12 bits per heavy atom. The molecule has 1 fully saturated rings. The number of benzene rings is 1. The molecule has 0 aliphatic carbocycles. The Kier molecular flexibility index (Phi) is 2.47. The van der Waals surface area contributed by atoms with Crippen molar-refractivity contribution in [3.63, 3.8) is 0 Å². The highest BCUT2D eigenvalue weighted by molar-refractivity contribution is 5.93. The molecule has 0 spiro atoms. The lowest BCUT2D eigenvalue weighted by atomic mass is 10.3. The van der Waals surface area contributed by atoms with Crippen LogP contribution in [0.2, 0.25) is 0 Å². The predicted molar refractivity (Wildman–Crippen MR) is 61.3 cm³/mol. The molecule has 0 bridgehead atoms. The molecule has 1 heterocycles. The molecule has 1 aliphatic heterocycles. The van der Waals surface area contributed by atoms with Crippen molar-refractivity contribution in [3.05, 3.63) is 34.4 Å². The Morgan fingerprint density at radius 3 is 2.65 bits per heavy atom.